The lowest BCUT2D eigenvalue weighted by Crippen LogP contribution is -2.17. The first-order valence-corrected chi connectivity index (χ1v) is 16.2. The van der Waals surface area contributed by atoms with E-state index in [0.717, 1.165) is 29.2 Å². The molecule has 3 aromatic rings. The highest BCUT2D eigenvalue weighted by atomic mass is 16.5. The van der Waals surface area contributed by atoms with E-state index in [-0.39, 0.29) is 5.91 Å². The fourth-order valence-electron chi connectivity index (χ4n) is 5.31. The van der Waals surface area contributed by atoms with Crippen LogP contribution in [-0.2, 0) is 4.79 Å². The Bertz CT molecular complexity index is 1270. The first kappa shape index (κ1) is 33.0. The largest absolute Gasteiger partial charge is 0.422 e. The van der Waals surface area contributed by atoms with Crippen molar-refractivity contribution in [1.82, 2.24) is 5.43 Å². The molecule has 0 fully saturated rings. The lowest BCUT2D eigenvalue weighted by atomic mass is 10.0. The minimum Gasteiger partial charge on any atom is -0.422 e. The van der Waals surface area contributed by atoms with Gasteiger partial charge in [0.2, 0.25) is 5.91 Å². The van der Waals surface area contributed by atoms with Gasteiger partial charge in [0.15, 0.2) is 0 Å². The molecule has 5 nitrogen and oxygen atoms in total. The highest BCUT2D eigenvalue weighted by Gasteiger charge is 2.14. The van der Waals surface area contributed by atoms with Crippen molar-refractivity contribution in [2.24, 2.45) is 5.10 Å². The molecule has 5 heteroatoms. The molecule has 0 aliphatic heterocycles. The van der Waals surface area contributed by atoms with E-state index in [4.69, 9.17) is 4.74 Å². The number of hydrogen-bond donors (Lipinski definition) is 1. The molecule has 1 N–H and O–H groups in total. The third-order valence-corrected chi connectivity index (χ3v) is 7.78. The number of nitrogens with one attached hydrogen (secondary N) is 1. The Hall–Kier alpha value is -3.47. The summed E-state index contributed by atoms with van der Waals surface area (Å²) in [7, 11) is 0. The third kappa shape index (κ3) is 12.2. The summed E-state index contributed by atoms with van der Waals surface area (Å²) in [4.78, 5) is 25.2. The molecule has 0 saturated carbocycles. The number of hydrazone groups is 1. The van der Waals surface area contributed by atoms with Crippen LogP contribution < -0.4 is 10.2 Å². The predicted molar refractivity (Wildman–Crippen MR) is 175 cm³/mol. The minimum atomic E-state index is -0.430. The van der Waals surface area contributed by atoms with Crippen LogP contribution in [0.4, 0.5) is 0 Å². The van der Waals surface area contributed by atoms with Crippen LogP contribution in [0.2, 0.25) is 0 Å². The second-order valence-corrected chi connectivity index (χ2v) is 11.5. The van der Waals surface area contributed by atoms with Crippen LogP contribution in [0.5, 0.6) is 5.75 Å². The van der Waals surface area contributed by atoms with Gasteiger partial charge in [-0.15, -0.1) is 0 Å². The number of aryl methyl sites for hydroxylation is 1. The van der Waals surface area contributed by atoms with Gasteiger partial charge in [0.05, 0.1) is 11.8 Å². The number of carbonyl (C=O) groups is 2. The second-order valence-electron chi connectivity index (χ2n) is 11.5. The summed E-state index contributed by atoms with van der Waals surface area (Å²) < 4.78 is 5.77. The van der Waals surface area contributed by atoms with Gasteiger partial charge in [-0.1, -0.05) is 145 Å². The van der Waals surface area contributed by atoms with Gasteiger partial charge >= 0.3 is 5.97 Å². The number of ether oxygens (including phenoxy) is 1. The number of benzene rings is 3. The number of amides is 1. The standard InChI is InChI=1S/C37H50N2O3/c1-3-4-5-6-7-8-9-10-11-12-13-14-15-16-17-25-36(40)39-38-29-34-33-24-19-18-22-31(33)26-27-35(34)42-37(41)32-23-20-21-30(2)28-32/h18-24,26-29H,3-17,25H2,1-2H3,(H,39,40)/b38-29+. The van der Waals surface area contributed by atoms with Crippen LogP contribution in [0.1, 0.15) is 131 Å². The van der Waals surface area contributed by atoms with E-state index >= 15 is 0 Å². The molecule has 0 heterocycles. The van der Waals surface area contributed by atoms with Crippen LogP contribution in [0.15, 0.2) is 65.8 Å². The summed E-state index contributed by atoms with van der Waals surface area (Å²) in [6.45, 7) is 4.21. The molecule has 0 unspecified atom stereocenters. The van der Waals surface area contributed by atoms with Gasteiger partial charge in [-0.3, -0.25) is 4.79 Å². The van der Waals surface area contributed by atoms with Crippen molar-refractivity contribution in [3.8, 4) is 5.75 Å². The molecule has 1 amide bonds. The molecular weight excluding hydrogens is 520 g/mol. The Balaban J connectivity index is 1.35. The Morgan fingerprint density at radius 2 is 1.36 bits per heavy atom. The summed E-state index contributed by atoms with van der Waals surface area (Å²) in [5, 5.41) is 6.11. The maximum atomic E-state index is 12.8. The van der Waals surface area contributed by atoms with Crippen molar-refractivity contribution in [2.45, 2.75) is 117 Å². The van der Waals surface area contributed by atoms with E-state index in [1.165, 1.54) is 83.5 Å². The van der Waals surface area contributed by atoms with Gasteiger partial charge in [-0.2, -0.15) is 5.10 Å². The first-order valence-electron chi connectivity index (χ1n) is 16.2. The van der Waals surface area contributed by atoms with Crippen LogP contribution in [0, 0.1) is 6.92 Å². The molecule has 0 spiro atoms. The van der Waals surface area contributed by atoms with Gasteiger partial charge in [-0.05, 0) is 42.3 Å². The van der Waals surface area contributed by atoms with Crippen LogP contribution in [-0.4, -0.2) is 18.1 Å². The molecule has 3 aromatic carbocycles. The minimum absolute atomic E-state index is 0.0977. The molecule has 3 rings (SSSR count). The van der Waals surface area contributed by atoms with Gasteiger partial charge in [0.1, 0.15) is 5.75 Å². The predicted octanol–water partition coefficient (Wildman–Crippen LogP) is 10.1. The van der Waals surface area contributed by atoms with Gasteiger partial charge in [0.25, 0.3) is 0 Å². The molecule has 0 saturated heterocycles. The number of carbonyl (C=O) groups excluding carboxylic acids is 2. The van der Waals surface area contributed by atoms with E-state index in [2.05, 4.69) is 17.5 Å². The lowest BCUT2D eigenvalue weighted by Gasteiger charge is -2.11. The topological polar surface area (TPSA) is 67.8 Å². The van der Waals surface area contributed by atoms with E-state index in [1.807, 2.05) is 49.4 Å². The highest BCUT2D eigenvalue weighted by Crippen LogP contribution is 2.27. The molecule has 0 atom stereocenters. The zero-order valence-corrected chi connectivity index (χ0v) is 25.8. The summed E-state index contributed by atoms with van der Waals surface area (Å²) in [6.07, 6.45) is 21.5. The molecule has 0 bridgehead atoms. The first-order chi connectivity index (χ1) is 20.6. The fraction of sp³-hybridized carbons (Fsp3) is 0.486. The summed E-state index contributed by atoms with van der Waals surface area (Å²) in [5.74, 6) is -0.124. The second kappa shape index (κ2) is 19.6. The maximum Gasteiger partial charge on any atom is 0.343 e. The number of unbranched alkanes of at least 4 members (excludes halogenated alkanes) is 14. The summed E-state index contributed by atoms with van der Waals surface area (Å²) in [6, 6.07) is 18.8. The SMILES string of the molecule is CCCCCCCCCCCCCCCCCC(=O)N/N=C/c1c(OC(=O)c2cccc(C)c2)ccc2ccccc12. The van der Waals surface area contributed by atoms with Crippen molar-refractivity contribution in [3.63, 3.8) is 0 Å². The number of fused-ring (bicyclic) bond motifs is 1. The molecule has 0 aromatic heterocycles. The average Bonchev–Trinajstić information content (AvgIpc) is 3.00. The van der Waals surface area contributed by atoms with E-state index in [0.29, 0.717) is 23.3 Å². The van der Waals surface area contributed by atoms with Gasteiger partial charge in [0, 0.05) is 12.0 Å². The number of rotatable bonds is 20. The van der Waals surface area contributed by atoms with Crippen molar-refractivity contribution < 1.29 is 14.3 Å². The smallest absolute Gasteiger partial charge is 0.343 e. The lowest BCUT2D eigenvalue weighted by molar-refractivity contribution is -0.121. The van der Waals surface area contributed by atoms with E-state index < -0.39 is 5.97 Å². The van der Waals surface area contributed by atoms with E-state index in [9.17, 15) is 9.59 Å². The number of esters is 1. The zero-order chi connectivity index (χ0) is 29.8. The monoisotopic (exact) mass is 570 g/mol. The van der Waals surface area contributed by atoms with Crippen LogP contribution in [0.25, 0.3) is 10.8 Å². The van der Waals surface area contributed by atoms with E-state index in [1.54, 1.807) is 24.4 Å². The Kier molecular flexibility index (Phi) is 15.4. The van der Waals surface area contributed by atoms with Crippen molar-refractivity contribution in [2.75, 3.05) is 0 Å². The van der Waals surface area contributed by atoms with Crippen molar-refractivity contribution >= 4 is 28.9 Å². The number of nitrogens with zero attached hydrogens (tertiary/aromatic N) is 1. The van der Waals surface area contributed by atoms with Crippen molar-refractivity contribution in [3.05, 3.63) is 77.4 Å². The normalized spacial score (nSPS) is 11.3. The van der Waals surface area contributed by atoms with Gasteiger partial charge < -0.3 is 4.74 Å². The Labute approximate surface area is 253 Å². The Morgan fingerprint density at radius 3 is 2.00 bits per heavy atom. The average molecular weight is 571 g/mol. The summed E-state index contributed by atoms with van der Waals surface area (Å²) in [5.41, 5.74) is 4.79. The molecule has 0 radical (unpaired) electrons. The molecule has 0 aliphatic carbocycles. The van der Waals surface area contributed by atoms with Crippen molar-refractivity contribution in [1.29, 1.82) is 0 Å². The third-order valence-electron chi connectivity index (χ3n) is 7.78. The maximum absolute atomic E-state index is 12.8. The molecule has 226 valence electrons. The fourth-order valence-corrected chi connectivity index (χ4v) is 5.31. The quantitative estimate of drug-likeness (QED) is 0.0483. The molecule has 42 heavy (non-hydrogen) atoms. The van der Waals surface area contributed by atoms with Gasteiger partial charge in [-0.25, -0.2) is 10.2 Å². The molecular formula is C37H50N2O3. The zero-order valence-electron chi connectivity index (χ0n) is 25.8. The number of hydrogen-bond acceptors (Lipinski definition) is 4. The highest BCUT2D eigenvalue weighted by molar-refractivity contribution is 6.04. The molecule has 0 aliphatic rings. The Morgan fingerprint density at radius 1 is 0.738 bits per heavy atom. The van der Waals surface area contributed by atoms with Crippen LogP contribution in [0.3, 0.4) is 0 Å². The summed E-state index contributed by atoms with van der Waals surface area (Å²) >= 11 is 0. The van der Waals surface area contributed by atoms with Crippen LogP contribution >= 0.6 is 0 Å².